The van der Waals surface area contributed by atoms with E-state index in [4.69, 9.17) is 4.74 Å². The van der Waals surface area contributed by atoms with E-state index >= 15 is 0 Å². The smallest absolute Gasteiger partial charge is 0.217 e. The molecule has 0 aliphatic rings. The lowest BCUT2D eigenvalue weighted by atomic mass is 10.1. The van der Waals surface area contributed by atoms with Crippen LogP contribution >= 0.6 is 0 Å². The number of ketones is 1. The van der Waals surface area contributed by atoms with Crippen molar-refractivity contribution < 1.29 is 13.9 Å². The third kappa shape index (κ3) is 2.50. The second-order valence-corrected chi connectivity index (χ2v) is 4.09. The van der Waals surface area contributed by atoms with Crippen LogP contribution in [-0.4, -0.2) is 22.7 Å². The number of rotatable bonds is 5. The minimum Gasteiger partial charge on any atom is -0.496 e. The lowest BCUT2D eigenvalue weighted by Gasteiger charge is -2.09. The molecule has 0 amide bonds. The third-order valence-corrected chi connectivity index (χ3v) is 2.81. The molecule has 5 heteroatoms. The molecule has 0 radical (unpaired) electrons. The fourth-order valence-electron chi connectivity index (χ4n) is 1.94. The molecule has 0 unspecified atom stereocenters. The second kappa shape index (κ2) is 5.65. The molecule has 1 aromatic carbocycles. The molecule has 0 spiro atoms. The quantitative estimate of drug-likeness (QED) is 0.778. The Morgan fingerprint density at radius 2 is 2.21 bits per heavy atom. The van der Waals surface area contributed by atoms with E-state index < -0.39 is 11.6 Å². The molecule has 2 rings (SSSR count). The highest BCUT2D eigenvalue weighted by molar-refractivity contribution is 6.09. The zero-order valence-electron chi connectivity index (χ0n) is 10.9. The van der Waals surface area contributed by atoms with Crippen LogP contribution in [0.4, 0.5) is 4.39 Å². The fraction of sp³-hybridized carbons (Fsp3) is 0.286. The lowest BCUT2D eigenvalue weighted by Crippen LogP contribution is -2.13. The van der Waals surface area contributed by atoms with E-state index in [1.54, 1.807) is 16.8 Å². The van der Waals surface area contributed by atoms with Gasteiger partial charge in [0.15, 0.2) is 0 Å². The molecule has 0 aliphatic carbocycles. The van der Waals surface area contributed by atoms with Gasteiger partial charge in [-0.3, -0.25) is 9.48 Å². The van der Waals surface area contributed by atoms with Crippen molar-refractivity contribution in [2.75, 3.05) is 7.11 Å². The first kappa shape index (κ1) is 13.3. The number of aromatic nitrogens is 2. The summed E-state index contributed by atoms with van der Waals surface area (Å²) in [6, 6.07) is 5.91. The average Bonchev–Trinajstić information content (AvgIpc) is 2.86. The van der Waals surface area contributed by atoms with Gasteiger partial charge in [-0.2, -0.15) is 5.10 Å². The van der Waals surface area contributed by atoms with E-state index in [2.05, 4.69) is 5.10 Å². The van der Waals surface area contributed by atoms with Gasteiger partial charge in [0, 0.05) is 12.7 Å². The standard InChI is InChI=1S/C14H15FN2O2/c1-3-9-17-11(7-8-16-17)14(18)13-10(15)5-4-6-12(13)19-2/h4-8H,3,9H2,1-2H3. The Morgan fingerprint density at radius 1 is 1.42 bits per heavy atom. The fourth-order valence-corrected chi connectivity index (χ4v) is 1.94. The minimum atomic E-state index is -0.589. The van der Waals surface area contributed by atoms with Crippen LogP contribution in [0, 0.1) is 5.82 Å². The molecule has 19 heavy (non-hydrogen) atoms. The van der Waals surface area contributed by atoms with Crippen molar-refractivity contribution in [2.45, 2.75) is 19.9 Å². The molecule has 0 atom stereocenters. The summed E-state index contributed by atoms with van der Waals surface area (Å²) in [6.45, 7) is 2.60. The van der Waals surface area contributed by atoms with Crippen molar-refractivity contribution in [3.8, 4) is 5.75 Å². The van der Waals surface area contributed by atoms with E-state index in [1.165, 1.54) is 25.4 Å². The van der Waals surface area contributed by atoms with Crippen molar-refractivity contribution in [1.29, 1.82) is 0 Å². The normalized spacial score (nSPS) is 10.5. The minimum absolute atomic E-state index is 0.0529. The zero-order valence-corrected chi connectivity index (χ0v) is 10.9. The van der Waals surface area contributed by atoms with Crippen molar-refractivity contribution in [1.82, 2.24) is 9.78 Å². The molecule has 0 saturated heterocycles. The van der Waals surface area contributed by atoms with Crippen molar-refractivity contribution in [3.05, 3.63) is 47.5 Å². The predicted molar refractivity (Wildman–Crippen MR) is 68.9 cm³/mol. The van der Waals surface area contributed by atoms with Crippen molar-refractivity contribution in [2.24, 2.45) is 0 Å². The Balaban J connectivity index is 2.47. The van der Waals surface area contributed by atoms with Crippen LogP contribution in [0.2, 0.25) is 0 Å². The summed E-state index contributed by atoms with van der Waals surface area (Å²) < 4.78 is 20.5. The molecule has 1 heterocycles. The maximum absolute atomic E-state index is 13.9. The molecule has 1 aromatic heterocycles. The number of hydrogen-bond donors (Lipinski definition) is 0. The Labute approximate surface area is 110 Å². The zero-order chi connectivity index (χ0) is 13.8. The number of hydrogen-bond acceptors (Lipinski definition) is 3. The molecule has 100 valence electrons. The monoisotopic (exact) mass is 262 g/mol. The molecular formula is C14H15FN2O2. The number of nitrogens with zero attached hydrogens (tertiary/aromatic N) is 2. The van der Waals surface area contributed by atoms with Gasteiger partial charge in [-0.1, -0.05) is 13.0 Å². The second-order valence-electron chi connectivity index (χ2n) is 4.09. The number of methoxy groups -OCH3 is 1. The number of carbonyl (C=O) groups is 1. The highest BCUT2D eigenvalue weighted by Gasteiger charge is 2.22. The number of carbonyl (C=O) groups excluding carboxylic acids is 1. The molecule has 0 fully saturated rings. The van der Waals surface area contributed by atoms with Gasteiger partial charge < -0.3 is 4.74 Å². The van der Waals surface area contributed by atoms with Gasteiger partial charge in [-0.15, -0.1) is 0 Å². The molecule has 0 saturated carbocycles. The molecule has 2 aromatic rings. The number of benzene rings is 1. The Bertz CT molecular complexity index is 593. The Hall–Kier alpha value is -2.17. The molecule has 0 bridgehead atoms. The SMILES string of the molecule is CCCn1nccc1C(=O)c1c(F)cccc1OC. The van der Waals surface area contributed by atoms with Crippen molar-refractivity contribution >= 4 is 5.78 Å². The van der Waals surface area contributed by atoms with Crippen LogP contribution in [0.25, 0.3) is 0 Å². The van der Waals surface area contributed by atoms with Crippen LogP contribution in [0.3, 0.4) is 0 Å². The van der Waals surface area contributed by atoms with Crippen LogP contribution in [-0.2, 0) is 6.54 Å². The van der Waals surface area contributed by atoms with Gasteiger partial charge in [0.25, 0.3) is 0 Å². The van der Waals surface area contributed by atoms with Gasteiger partial charge in [0.1, 0.15) is 22.8 Å². The topological polar surface area (TPSA) is 44.1 Å². The number of aryl methyl sites for hydroxylation is 1. The van der Waals surface area contributed by atoms with Gasteiger partial charge >= 0.3 is 0 Å². The maximum Gasteiger partial charge on any atom is 0.217 e. The van der Waals surface area contributed by atoms with Gasteiger partial charge in [-0.25, -0.2) is 4.39 Å². The third-order valence-electron chi connectivity index (χ3n) is 2.81. The van der Waals surface area contributed by atoms with E-state index in [0.29, 0.717) is 12.2 Å². The lowest BCUT2D eigenvalue weighted by molar-refractivity contribution is 0.102. The maximum atomic E-state index is 13.9. The number of ether oxygens (including phenoxy) is 1. The Kier molecular flexibility index (Phi) is 3.94. The average molecular weight is 262 g/mol. The first-order valence-electron chi connectivity index (χ1n) is 6.08. The summed E-state index contributed by atoms with van der Waals surface area (Å²) in [5.74, 6) is -0.774. The summed E-state index contributed by atoms with van der Waals surface area (Å²) in [6.07, 6.45) is 2.38. The van der Waals surface area contributed by atoms with E-state index in [1.807, 2.05) is 6.92 Å². The van der Waals surface area contributed by atoms with Gasteiger partial charge in [0.2, 0.25) is 5.78 Å². The summed E-state index contributed by atoms with van der Waals surface area (Å²) in [4.78, 5) is 12.4. The highest BCUT2D eigenvalue weighted by atomic mass is 19.1. The largest absolute Gasteiger partial charge is 0.496 e. The summed E-state index contributed by atoms with van der Waals surface area (Å²) >= 11 is 0. The first-order valence-corrected chi connectivity index (χ1v) is 6.08. The van der Waals surface area contributed by atoms with Crippen LogP contribution in [0.5, 0.6) is 5.75 Å². The number of halogens is 1. The molecule has 0 aliphatic heterocycles. The molecule has 4 nitrogen and oxygen atoms in total. The van der Waals surface area contributed by atoms with Crippen LogP contribution < -0.4 is 4.74 Å². The summed E-state index contributed by atoms with van der Waals surface area (Å²) in [5, 5.41) is 4.07. The molecule has 0 N–H and O–H groups in total. The molecular weight excluding hydrogens is 247 g/mol. The van der Waals surface area contributed by atoms with Crippen LogP contribution in [0.15, 0.2) is 30.5 Å². The van der Waals surface area contributed by atoms with Gasteiger partial charge in [0.05, 0.1) is 7.11 Å². The summed E-state index contributed by atoms with van der Waals surface area (Å²) in [7, 11) is 1.41. The summed E-state index contributed by atoms with van der Waals surface area (Å²) in [5.41, 5.74) is 0.313. The van der Waals surface area contributed by atoms with E-state index in [9.17, 15) is 9.18 Å². The first-order chi connectivity index (χ1) is 9.19. The highest BCUT2D eigenvalue weighted by Crippen LogP contribution is 2.24. The van der Waals surface area contributed by atoms with E-state index in [-0.39, 0.29) is 11.3 Å². The van der Waals surface area contributed by atoms with Crippen LogP contribution in [0.1, 0.15) is 29.4 Å². The van der Waals surface area contributed by atoms with E-state index in [0.717, 1.165) is 6.42 Å². The Morgan fingerprint density at radius 3 is 2.89 bits per heavy atom. The van der Waals surface area contributed by atoms with Gasteiger partial charge in [-0.05, 0) is 24.6 Å². The van der Waals surface area contributed by atoms with Crippen molar-refractivity contribution in [3.63, 3.8) is 0 Å². The predicted octanol–water partition coefficient (Wildman–Crippen LogP) is 2.67.